The van der Waals surface area contributed by atoms with Crippen LogP contribution in [0.5, 0.6) is 0 Å². The quantitative estimate of drug-likeness (QED) is 0.730. The van der Waals surface area contributed by atoms with Gasteiger partial charge in [-0.3, -0.25) is 0 Å². The van der Waals surface area contributed by atoms with Crippen molar-refractivity contribution >= 4 is 21.6 Å². The van der Waals surface area contributed by atoms with Crippen LogP contribution in [0.25, 0.3) is 11.5 Å². The minimum Gasteiger partial charge on any atom is -0.398 e. The number of benzene rings is 2. The van der Waals surface area contributed by atoms with Gasteiger partial charge < -0.3 is 10.3 Å². The zero-order valence-electron chi connectivity index (χ0n) is 11.5. The number of nitrogen functional groups attached to an aromatic ring is 1. The van der Waals surface area contributed by atoms with E-state index in [2.05, 4.69) is 26.1 Å². The molecular weight excluding hydrogens is 330 g/mol. The Morgan fingerprint density at radius 2 is 1.95 bits per heavy atom. The van der Waals surface area contributed by atoms with Gasteiger partial charge in [0.1, 0.15) is 0 Å². The molecule has 0 bridgehead atoms. The molecule has 2 aromatic carbocycles. The SMILES string of the molecule is Cc1c(N)cccc1-c1nc(Cc2ccccc2Br)no1. The van der Waals surface area contributed by atoms with Crippen molar-refractivity contribution < 1.29 is 4.52 Å². The van der Waals surface area contributed by atoms with E-state index in [4.69, 9.17) is 10.3 Å². The number of halogens is 1. The molecule has 106 valence electrons. The molecule has 4 nitrogen and oxygen atoms in total. The van der Waals surface area contributed by atoms with E-state index in [1.165, 1.54) is 0 Å². The highest BCUT2D eigenvalue weighted by Gasteiger charge is 2.13. The van der Waals surface area contributed by atoms with E-state index in [0.717, 1.165) is 26.9 Å². The zero-order chi connectivity index (χ0) is 14.8. The molecule has 0 aliphatic rings. The molecule has 0 spiro atoms. The Kier molecular flexibility index (Phi) is 3.75. The Morgan fingerprint density at radius 3 is 2.76 bits per heavy atom. The van der Waals surface area contributed by atoms with Gasteiger partial charge in [-0.05, 0) is 36.2 Å². The van der Waals surface area contributed by atoms with Crippen LogP contribution in [0.1, 0.15) is 17.0 Å². The van der Waals surface area contributed by atoms with Gasteiger partial charge in [0, 0.05) is 22.1 Å². The first-order chi connectivity index (χ1) is 10.1. The summed E-state index contributed by atoms with van der Waals surface area (Å²) in [5.74, 6) is 1.15. The van der Waals surface area contributed by atoms with Crippen LogP contribution in [-0.2, 0) is 6.42 Å². The molecule has 21 heavy (non-hydrogen) atoms. The van der Waals surface area contributed by atoms with Gasteiger partial charge in [-0.2, -0.15) is 4.98 Å². The van der Waals surface area contributed by atoms with Crippen molar-refractivity contribution in [2.75, 3.05) is 5.73 Å². The minimum absolute atomic E-state index is 0.502. The molecule has 0 atom stereocenters. The Bertz CT molecular complexity index is 783. The standard InChI is InChI=1S/C16H14BrN3O/c1-10-12(6-4-8-14(10)18)16-19-15(20-21-16)9-11-5-2-3-7-13(11)17/h2-8H,9,18H2,1H3. The van der Waals surface area contributed by atoms with Gasteiger partial charge in [0.05, 0.1) is 0 Å². The smallest absolute Gasteiger partial charge is 0.258 e. The fourth-order valence-corrected chi connectivity index (χ4v) is 2.56. The molecule has 0 unspecified atom stereocenters. The van der Waals surface area contributed by atoms with E-state index in [0.29, 0.717) is 18.1 Å². The van der Waals surface area contributed by atoms with Crippen molar-refractivity contribution in [2.24, 2.45) is 0 Å². The first-order valence-corrected chi connectivity index (χ1v) is 7.36. The first-order valence-electron chi connectivity index (χ1n) is 6.56. The summed E-state index contributed by atoms with van der Waals surface area (Å²) in [7, 11) is 0. The van der Waals surface area contributed by atoms with Gasteiger partial charge in [-0.1, -0.05) is 45.4 Å². The molecule has 0 aliphatic heterocycles. The van der Waals surface area contributed by atoms with E-state index >= 15 is 0 Å². The Hall–Kier alpha value is -2.14. The molecule has 0 fully saturated rings. The summed E-state index contributed by atoms with van der Waals surface area (Å²) in [6, 6.07) is 13.7. The predicted octanol–water partition coefficient (Wildman–Crippen LogP) is 3.98. The first kappa shape index (κ1) is 13.8. The highest BCUT2D eigenvalue weighted by Crippen LogP contribution is 2.26. The third-order valence-corrected chi connectivity index (χ3v) is 4.15. The van der Waals surface area contributed by atoms with Gasteiger partial charge in [-0.15, -0.1) is 0 Å². The summed E-state index contributed by atoms with van der Waals surface area (Å²) < 4.78 is 6.41. The van der Waals surface area contributed by atoms with Crippen molar-refractivity contribution in [3.8, 4) is 11.5 Å². The highest BCUT2D eigenvalue weighted by atomic mass is 79.9. The maximum absolute atomic E-state index is 5.91. The Balaban J connectivity index is 1.90. The minimum atomic E-state index is 0.502. The average Bonchev–Trinajstić information content (AvgIpc) is 2.93. The molecular formula is C16H14BrN3O. The number of anilines is 1. The normalized spacial score (nSPS) is 10.8. The molecule has 0 radical (unpaired) electrons. The van der Waals surface area contributed by atoms with E-state index in [1.54, 1.807) is 0 Å². The van der Waals surface area contributed by atoms with Gasteiger partial charge in [0.15, 0.2) is 5.82 Å². The largest absolute Gasteiger partial charge is 0.398 e. The Labute approximate surface area is 131 Å². The van der Waals surface area contributed by atoms with Crippen LogP contribution >= 0.6 is 15.9 Å². The van der Waals surface area contributed by atoms with Crippen LogP contribution < -0.4 is 5.73 Å². The van der Waals surface area contributed by atoms with Crippen LogP contribution in [0.3, 0.4) is 0 Å². The summed E-state index contributed by atoms with van der Waals surface area (Å²) in [6.45, 7) is 1.95. The Morgan fingerprint density at radius 1 is 1.14 bits per heavy atom. The van der Waals surface area contributed by atoms with Crippen LogP contribution in [0, 0.1) is 6.92 Å². The molecule has 3 rings (SSSR count). The van der Waals surface area contributed by atoms with Crippen molar-refractivity contribution in [1.29, 1.82) is 0 Å². The van der Waals surface area contributed by atoms with Crippen molar-refractivity contribution in [3.05, 3.63) is 63.9 Å². The van der Waals surface area contributed by atoms with Gasteiger partial charge >= 0.3 is 0 Å². The second-order valence-corrected chi connectivity index (χ2v) is 5.66. The van der Waals surface area contributed by atoms with E-state index in [9.17, 15) is 0 Å². The topological polar surface area (TPSA) is 64.9 Å². The lowest BCUT2D eigenvalue weighted by atomic mass is 10.1. The molecule has 1 aromatic heterocycles. The number of rotatable bonds is 3. The second kappa shape index (κ2) is 5.69. The molecule has 2 N–H and O–H groups in total. The zero-order valence-corrected chi connectivity index (χ0v) is 13.1. The lowest BCUT2D eigenvalue weighted by molar-refractivity contribution is 0.423. The maximum atomic E-state index is 5.91. The lowest BCUT2D eigenvalue weighted by Crippen LogP contribution is -1.93. The average molecular weight is 344 g/mol. The monoisotopic (exact) mass is 343 g/mol. The molecule has 0 amide bonds. The van der Waals surface area contributed by atoms with Crippen molar-refractivity contribution in [2.45, 2.75) is 13.3 Å². The second-order valence-electron chi connectivity index (χ2n) is 4.80. The number of hydrogen-bond acceptors (Lipinski definition) is 4. The van der Waals surface area contributed by atoms with Gasteiger partial charge in [0.2, 0.25) is 0 Å². The summed E-state index contributed by atoms with van der Waals surface area (Å²) >= 11 is 3.52. The molecule has 0 saturated heterocycles. The predicted molar refractivity (Wildman–Crippen MR) is 85.8 cm³/mol. The van der Waals surface area contributed by atoms with Crippen molar-refractivity contribution in [3.63, 3.8) is 0 Å². The van der Waals surface area contributed by atoms with Gasteiger partial charge in [-0.25, -0.2) is 0 Å². The van der Waals surface area contributed by atoms with E-state index in [1.807, 2.05) is 49.4 Å². The van der Waals surface area contributed by atoms with Crippen LogP contribution in [0.4, 0.5) is 5.69 Å². The third-order valence-electron chi connectivity index (χ3n) is 3.38. The number of nitrogens with two attached hydrogens (primary N) is 1. The van der Waals surface area contributed by atoms with Gasteiger partial charge in [0.25, 0.3) is 5.89 Å². The summed E-state index contributed by atoms with van der Waals surface area (Å²) in [5, 5.41) is 4.05. The highest BCUT2D eigenvalue weighted by molar-refractivity contribution is 9.10. The summed E-state index contributed by atoms with van der Waals surface area (Å²) in [4.78, 5) is 4.46. The molecule has 1 heterocycles. The molecule has 5 heteroatoms. The van der Waals surface area contributed by atoms with E-state index in [-0.39, 0.29) is 0 Å². The summed E-state index contributed by atoms with van der Waals surface area (Å²) in [5.41, 5.74) is 9.58. The summed E-state index contributed by atoms with van der Waals surface area (Å²) in [6.07, 6.45) is 0.617. The maximum Gasteiger partial charge on any atom is 0.258 e. The molecule has 0 saturated carbocycles. The van der Waals surface area contributed by atoms with Crippen LogP contribution in [0.2, 0.25) is 0 Å². The molecule has 3 aromatic rings. The fourth-order valence-electron chi connectivity index (χ4n) is 2.13. The third kappa shape index (κ3) is 2.83. The van der Waals surface area contributed by atoms with E-state index < -0.39 is 0 Å². The fraction of sp³-hybridized carbons (Fsp3) is 0.125. The number of aromatic nitrogens is 2. The molecule has 0 aliphatic carbocycles. The number of nitrogens with zero attached hydrogens (tertiary/aromatic N) is 2. The van der Waals surface area contributed by atoms with Crippen molar-refractivity contribution in [1.82, 2.24) is 10.1 Å². The lowest BCUT2D eigenvalue weighted by Gasteiger charge is -2.03. The van der Waals surface area contributed by atoms with Crippen LogP contribution in [-0.4, -0.2) is 10.1 Å². The van der Waals surface area contributed by atoms with Crippen LogP contribution in [0.15, 0.2) is 51.5 Å². The number of hydrogen-bond donors (Lipinski definition) is 1.